The van der Waals surface area contributed by atoms with Crippen LogP contribution in [0.4, 0.5) is 0 Å². The van der Waals surface area contributed by atoms with E-state index in [9.17, 15) is 4.79 Å². The maximum Gasteiger partial charge on any atom is 0.257 e. The van der Waals surface area contributed by atoms with E-state index in [2.05, 4.69) is 10.1 Å². The largest absolute Gasteiger partial charge is 0.497 e. The molecule has 3 heterocycles. The summed E-state index contributed by atoms with van der Waals surface area (Å²) in [5.41, 5.74) is 1.44. The van der Waals surface area contributed by atoms with Gasteiger partial charge in [0.2, 0.25) is 0 Å². The van der Waals surface area contributed by atoms with Crippen molar-refractivity contribution >= 4 is 5.91 Å². The quantitative estimate of drug-likeness (QED) is 0.701. The third-order valence-corrected chi connectivity index (χ3v) is 4.62. The van der Waals surface area contributed by atoms with Crippen molar-refractivity contribution in [2.24, 2.45) is 5.92 Å². The highest BCUT2D eigenvalue weighted by atomic mass is 16.5. The van der Waals surface area contributed by atoms with Crippen molar-refractivity contribution in [2.75, 3.05) is 20.2 Å². The molecule has 2 aromatic heterocycles. The zero-order valence-corrected chi connectivity index (χ0v) is 14.4. The first-order chi connectivity index (χ1) is 12.7. The van der Waals surface area contributed by atoms with Crippen LogP contribution in [0, 0.1) is 5.92 Å². The fourth-order valence-electron chi connectivity index (χ4n) is 3.20. The molecule has 26 heavy (non-hydrogen) atoms. The SMILES string of the molecule is COc1ccc(-c2nc(CC3CCN(C(=O)c4ccoc4)C3)no2)cc1. The van der Waals surface area contributed by atoms with Gasteiger partial charge in [-0.2, -0.15) is 4.98 Å². The normalized spacial score (nSPS) is 16.8. The molecule has 3 aromatic rings. The molecule has 4 rings (SSSR count). The molecule has 1 amide bonds. The van der Waals surface area contributed by atoms with Gasteiger partial charge < -0.3 is 18.6 Å². The van der Waals surface area contributed by atoms with Gasteiger partial charge in [-0.1, -0.05) is 5.16 Å². The molecule has 134 valence electrons. The Morgan fingerprint density at radius 1 is 1.31 bits per heavy atom. The summed E-state index contributed by atoms with van der Waals surface area (Å²) in [6, 6.07) is 9.18. The smallest absolute Gasteiger partial charge is 0.257 e. The van der Waals surface area contributed by atoms with Crippen LogP contribution in [-0.4, -0.2) is 41.1 Å². The molecule has 0 bridgehead atoms. The van der Waals surface area contributed by atoms with Crippen molar-refractivity contribution in [1.82, 2.24) is 15.0 Å². The standard InChI is InChI=1S/C19H19N3O4/c1-24-16-4-2-14(3-5-16)18-20-17(21-26-18)10-13-6-8-22(11-13)19(23)15-7-9-25-12-15/h2-5,7,9,12-13H,6,8,10-11H2,1H3. The summed E-state index contributed by atoms with van der Waals surface area (Å²) in [6.07, 6.45) is 4.61. The molecule has 7 heteroatoms. The van der Waals surface area contributed by atoms with Crippen molar-refractivity contribution in [2.45, 2.75) is 12.8 Å². The highest BCUT2D eigenvalue weighted by Gasteiger charge is 2.28. The third kappa shape index (κ3) is 3.33. The average Bonchev–Trinajstić information content (AvgIpc) is 3.43. The Morgan fingerprint density at radius 3 is 2.88 bits per heavy atom. The lowest BCUT2D eigenvalue weighted by atomic mass is 10.0. The van der Waals surface area contributed by atoms with Crippen LogP contribution in [0.3, 0.4) is 0 Å². The molecule has 0 radical (unpaired) electrons. The number of hydrogen-bond donors (Lipinski definition) is 0. The van der Waals surface area contributed by atoms with E-state index in [0.29, 0.717) is 36.2 Å². The van der Waals surface area contributed by atoms with Crippen LogP contribution in [-0.2, 0) is 6.42 Å². The number of carbonyl (C=O) groups excluding carboxylic acids is 1. The van der Waals surface area contributed by atoms with Gasteiger partial charge in [0.25, 0.3) is 11.8 Å². The second-order valence-corrected chi connectivity index (χ2v) is 6.37. The predicted molar refractivity (Wildman–Crippen MR) is 92.7 cm³/mol. The molecule has 0 N–H and O–H groups in total. The molecule has 1 saturated heterocycles. The minimum Gasteiger partial charge on any atom is -0.497 e. The van der Waals surface area contributed by atoms with Crippen LogP contribution in [0.5, 0.6) is 5.75 Å². The Balaban J connectivity index is 1.38. The Morgan fingerprint density at radius 2 is 2.15 bits per heavy atom. The van der Waals surface area contributed by atoms with Crippen LogP contribution in [0.25, 0.3) is 11.5 Å². The summed E-state index contributed by atoms with van der Waals surface area (Å²) in [6.45, 7) is 1.42. The fourth-order valence-corrected chi connectivity index (χ4v) is 3.20. The summed E-state index contributed by atoms with van der Waals surface area (Å²) in [5, 5.41) is 4.08. The highest BCUT2D eigenvalue weighted by molar-refractivity contribution is 5.94. The summed E-state index contributed by atoms with van der Waals surface area (Å²) in [5.74, 6) is 2.27. The number of aromatic nitrogens is 2. The van der Waals surface area contributed by atoms with Crippen LogP contribution >= 0.6 is 0 Å². The number of ether oxygens (including phenoxy) is 1. The molecule has 7 nitrogen and oxygen atoms in total. The summed E-state index contributed by atoms with van der Waals surface area (Å²) in [7, 11) is 1.63. The van der Waals surface area contributed by atoms with Crippen molar-refractivity contribution in [3.8, 4) is 17.2 Å². The van der Waals surface area contributed by atoms with Crippen LogP contribution in [0.1, 0.15) is 22.6 Å². The summed E-state index contributed by atoms with van der Waals surface area (Å²) < 4.78 is 15.5. The van der Waals surface area contributed by atoms with Gasteiger partial charge in [0.15, 0.2) is 5.82 Å². The number of nitrogens with zero attached hydrogens (tertiary/aromatic N) is 3. The van der Waals surface area contributed by atoms with Gasteiger partial charge in [-0.05, 0) is 42.7 Å². The zero-order chi connectivity index (χ0) is 17.9. The number of furan rings is 1. The Labute approximate surface area is 150 Å². The molecule has 1 atom stereocenters. The monoisotopic (exact) mass is 353 g/mol. The lowest BCUT2D eigenvalue weighted by Gasteiger charge is -2.14. The zero-order valence-electron chi connectivity index (χ0n) is 14.4. The maximum absolute atomic E-state index is 12.4. The maximum atomic E-state index is 12.4. The first-order valence-electron chi connectivity index (χ1n) is 8.51. The van der Waals surface area contributed by atoms with Crippen molar-refractivity contribution < 1.29 is 18.5 Å². The number of rotatable bonds is 5. The van der Waals surface area contributed by atoms with E-state index in [1.807, 2.05) is 29.2 Å². The van der Waals surface area contributed by atoms with E-state index in [1.165, 1.54) is 12.5 Å². The lowest BCUT2D eigenvalue weighted by Crippen LogP contribution is -2.28. The van der Waals surface area contributed by atoms with Gasteiger partial charge in [0, 0.05) is 25.1 Å². The summed E-state index contributed by atoms with van der Waals surface area (Å²) >= 11 is 0. The van der Waals surface area contributed by atoms with E-state index in [1.54, 1.807) is 13.2 Å². The number of carbonyl (C=O) groups is 1. The molecular weight excluding hydrogens is 334 g/mol. The Hall–Kier alpha value is -3.09. The van der Waals surface area contributed by atoms with Crippen molar-refractivity contribution in [1.29, 1.82) is 0 Å². The molecule has 1 aromatic carbocycles. The molecule has 1 unspecified atom stereocenters. The van der Waals surface area contributed by atoms with Crippen molar-refractivity contribution in [3.63, 3.8) is 0 Å². The second kappa shape index (κ2) is 7.03. The molecule has 1 aliphatic heterocycles. The first-order valence-corrected chi connectivity index (χ1v) is 8.51. The van der Waals surface area contributed by atoms with Gasteiger partial charge >= 0.3 is 0 Å². The molecule has 1 aliphatic rings. The van der Waals surface area contributed by atoms with Crippen LogP contribution in [0.2, 0.25) is 0 Å². The van der Waals surface area contributed by atoms with Gasteiger partial charge in [0.1, 0.15) is 12.0 Å². The van der Waals surface area contributed by atoms with E-state index in [4.69, 9.17) is 13.7 Å². The van der Waals surface area contributed by atoms with Crippen LogP contribution in [0.15, 0.2) is 51.8 Å². The van der Waals surface area contributed by atoms with E-state index in [0.717, 1.165) is 24.3 Å². The van der Waals surface area contributed by atoms with Crippen LogP contribution < -0.4 is 4.74 Å². The minimum absolute atomic E-state index is 0.00767. The van der Waals surface area contributed by atoms with Gasteiger partial charge in [-0.25, -0.2) is 0 Å². The number of hydrogen-bond acceptors (Lipinski definition) is 6. The highest BCUT2D eigenvalue weighted by Crippen LogP contribution is 2.24. The minimum atomic E-state index is 0.00767. The van der Waals surface area contributed by atoms with Gasteiger partial charge in [-0.15, -0.1) is 0 Å². The van der Waals surface area contributed by atoms with E-state index in [-0.39, 0.29) is 5.91 Å². The fraction of sp³-hybridized carbons (Fsp3) is 0.316. The van der Waals surface area contributed by atoms with Gasteiger partial charge in [0.05, 0.1) is 18.9 Å². The van der Waals surface area contributed by atoms with E-state index >= 15 is 0 Å². The number of likely N-dealkylation sites (tertiary alicyclic amines) is 1. The van der Waals surface area contributed by atoms with Crippen molar-refractivity contribution in [3.05, 3.63) is 54.2 Å². The number of methoxy groups -OCH3 is 1. The first kappa shape index (κ1) is 16.4. The molecule has 0 spiro atoms. The average molecular weight is 353 g/mol. The molecule has 1 fully saturated rings. The number of amides is 1. The Bertz CT molecular complexity index is 871. The lowest BCUT2D eigenvalue weighted by molar-refractivity contribution is 0.0786. The third-order valence-electron chi connectivity index (χ3n) is 4.62. The molecule has 0 saturated carbocycles. The Kier molecular flexibility index (Phi) is 4.43. The predicted octanol–water partition coefficient (Wildman–Crippen LogP) is 3.04. The second-order valence-electron chi connectivity index (χ2n) is 6.37. The topological polar surface area (TPSA) is 81.6 Å². The number of benzene rings is 1. The molecular formula is C19H19N3O4. The van der Waals surface area contributed by atoms with Gasteiger partial charge in [-0.3, -0.25) is 4.79 Å². The summed E-state index contributed by atoms with van der Waals surface area (Å²) in [4.78, 5) is 18.7. The van der Waals surface area contributed by atoms with E-state index < -0.39 is 0 Å². The molecule has 0 aliphatic carbocycles.